The number of benzene rings is 2. The highest BCUT2D eigenvalue weighted by Crippen LogP contribution is 2.32. The quantitative estimate of drug-likeness (QED) is 0.252. The number of rotatable bonds is 5. The Balaban J connectivity index is 1.43. The molecule has 3 heterocycles. The zero-order valence-electron chi connectivity index (χ0n) is 15.6. The van der Waals surface area contributed by atoms with Gasteiger partial charge in [0.2, 0.25) is 11.8 Å². The molecule has 30 heavy (non-hydrogen) atoms. The molecule has 9 heteroatoms. The number of nitrogens with two attached hydrogens (primary N) is 1. The summed E-state index contributed by atoms with van der Waals surface area (Å²) in [6, 6.07) is 19.3. The van der Waals surface area contributed by atoms with E-state index in [1.165, 1.54) is 23.1 Å². The van der Waals surface area contributed by atoms with Crippen LogP contribution in [0.3, 0.4) is 0 Å². The maximum absolute atomic E-state index is 12.9. The third-order valence-electron chi connectivity index (χ3n) is 4.50. The molecule has 0 radical (unpaired) electrons. The Morgan fingerprint density at radius 2 is 1.70 bits per heavy atom. The SMILES string of the molecule is Nn1c(SCc2nnc(-c3ccccc3)o2)nc2scc(-c3ccccc3)c2c1=O. The molecule has 0 saturated carbocycles. The van der Waals surface area contributed by atoms with E-state index in [1.807, 2.05) is 66.0 Å². The second-order valence-corrected chi connectivity index (χ2v) is 8.22. The molecule has 0 bridgehead atoms. The van der Waals surface area contributed by atoms with Gasteiger partial charge in [-0.15, -0.1) is 21.5 Å². The topological polar surface area (TPSA) is 99.8 Å². The van der Waals surface area contributed by atoms with Gasteiger partial charge in [-0.25, -0.2) is 9.66 Å². The van der Waals surface area contributed by atoms with E-state index in [2.05, 4.69) is 15.2 Å². The highest BCUT2D eigenvalue weighted by molar-refractivity contribution is 7.98. The molecular weight excluding hydrogens is 418 g/mol. The minimum Gasteiger partial charge on any atom is -0.420 e. The number of nitrogen functional groups attached to an aromatic ring is 1. The fraction of sp³-hybridized carbons (Fsp3) is 0.0476. The lowest BCUT2D eigenvalue weighted by Gasteiger charge is -2.06. The molecule has 0 aliphatic rings. The van der Waals surface area contributed by atoms with Gasteiger partial charge in [0.25, 0.3) is 5.56 Å². The van der Waals surface area contributed by atoms with E-state index in [0.717, 1.165) is 21.4 Å². The van der Waals surface area contributed by atoms with Crippen LogP contribution in [-0.2, 0) is 5.75 Å². The minimum atomic E-state index is -0.280. The van der Waals surface area contributed by atoms with Crippen LogP contribution in [0.5, 0.6) is 0 Å². The van der Waals surface area contributed by atoms with Gasteiger partial charge in [-0.3, -0.25) is 4.79 Å². The van der Waals surface area contributed by atoms with Crippen molar-refractivity contribution in [1.29, 1.82) is 0 Å². The van der Waals surface area contributed by atoms with Crippen molar-refractivity contribution < 1.29 is 4.42 Å². The number of fused-ring (bicyclic) bond motifs is 1. The Hall–Kier alpha value is -3.43. The van der Waals surface area contributed by atoms with Crippen molar-refractivity contribution in [3.05, 3.63) is 82.3 Å². The lowest BCUT2D eigenvalue weighted by molar-refractivity contribution is 0.528. The summed E-state index contributed by atoms with van der Waals surface area (Å²) in [5.41, 5.74) is 2.37. The highest BCUT2D eigenvalue weighted by Gasteiger charge is 2.17. The van der Waals surface area contributed by atoms with Crippen molar-refractivity contribution >= 4 is 33.3 Å². The van der Waals surface area contributed by atoms with Crippen LogP contribution in [-0.4, -0.2) is 19.9 Å². The molecule has 2 N–H and O–H groups in total. The molecule has 0 aliphatic heterocycles. The Labute approximate surface area is 179 Å². The monoisotopic (exact) mass is 433 g/mol. The number of nitrogens with zero attached hydrogens (tertiary/aromatic N) is 4. The zero-order chi connectivity index (χ0) is 20.5. The molecule has 0 atom stereocenters. The average molecular weight is 434 g/mol. The number of hydrogen-bond acceptors (Lipinski definition) is 8. The first-order chi connectivity index (χ1) is 14.7. The lowest BCUT2D eigenvalue weighted by atomic mass is 10.1. The summed E-state index contributed by atoms with van der Waals surface area (Å²) in [7, 11) is 0. The molecule has 2 aromatic carbocycles. The number of thioether (sulfide) groups is 1. The summed E-state index contributed by atoms with van der Waals surface area (Å²) in [4.78, 5) is 18.2. The average Bonchev–Trinajstić information content (AvgIpc) is 3.44. The van der Waals surface area contributed by atoms with Crippen molar-refractivity contribution in [1.82, 2.24) is 19.9 Å². The second kappa shape index (κ2) is 7.77. The third-order valence-corrected chi connectivity index (χ3v) is 6.31. The van der Waals surface area contributed by atoms with Gasteiger partial charge >= 0.3 is 0 Å². The molecule has 7 nitrogen and oxygen atoms in total. The number of aromatic nitrogens is 4. The van der Waals surface area contributed by atoms with Crippen LogP contribution >= 0.6 is 23.1 Å². The van der Waals surface area contributed by atoms with E-state index in [-0.39, 0.29) is 5.56 Å². The van der Waals surface area contributed by atoms with Crippen molar-refractivity contribution in [2.45, 2.75) is 10.9 Å². The number of thiophene rings is 1. The first kappa shape index (κ1) is 18.6. The molecule has 0 amide bonds. The van der Waals surface area contributed by atoms with Gasteiger partial charge < -0.3 is 10.3 Å². The van der Waals surface area contributed by atoms with Crippen LogP contribution in [0.15, 0.2) is 80.4 Å². The van der Waals surface area contributed by atoms with Crippen LogP contribution < -0.4 is 11.4 Å². The van der Waals surface area contributed by atoms with Gasteiger partial charge in [0.1, 0.15) is 4.83 Å². The molecule has 0 saturated heterocycles. The van der Waals surface area contributed by atoms with Crippen LogP contribution in [0.1, 0.15) is 5.89 Å². The Morgan fingerprint density at radius 1 is 1.00 bits per heavy atom. The summed E-state index contributed by atoms with van der Waals surface area (Å²) in [5, 5.41) is 11.0. The molecule has 0 fully saturated rings. The van der Waals surface area contributed by atoms with Gasteiger partial charge in [-0.1, -0.05) is 60.3 Å². The smallest absolute Gasteiger partial charge is 0.282 e. The largest absolute Gasteiger partial charge is 0.420 e. The fourth-order valence-corrected chi connectivity index (χ4v) is 4.79. The predicted molar refractivity (Wildman–Crippen MR) is 119 cm³/mol. The summed E-state index contributed by atoms with van der Waals surface area (Å²) in [5.74, 6) is 7.31. The fourth-order valence-electron chi connectivity index (χ4n) is 3.05. The molecule has 0 unspecified atom stereocenters. The van der Waals surface area contributed by atoms with Gasteiger partial charge in [0, 0.05) is 16.5 Å². The Morgan fingerprint density at radius 3 is 2.43 bits per heavy atom. The predicted octanol–water partition coefficient (Wildman–Crippen LogP) is 4.18. The summed E-state index contributed by atoms with van der Waals surface area (Å²) >= 11 is 2.70. The van der Waals surface area contributed by atoms with E-state index in [9.17, 15) is 4.79 Å². The van der Waals surface area contributed by atoms with Gasteiger partial charge in [0.05, 0.1) is 11.1 Å². The molecule has 3 aromatic heterocycles. The lowest BCUT2D eigenvalue weighted by Crippen LogP contribution is -2.29. The van der Waals surface area contributed by atoms with E-state index >= 15 is 0 Å². The van der Waals surface area contributed by atoms with Gasteiger partial charge in [-0.05, 0) is 17.7 Å². The van der Waals surface area contributed by atoms with E-state index in [1.54, 1.807) is 0 Å². The Kier molecular flexibility index (Phi) is 4.82. The summed E-state index contributed by atoms with van der Waals surface area (Å²) in [6.45, 7) is 0. The molecular formula is C21H15N5O2S2. The normalized spacial score (nSPS) is 11.2. The number of hydrogen-bond donors (Lipinski definition) is 1. The maximum atomic E-state index is 12.9. The van der Waals surface area contributed by atoms with Crippen LogP contribution in [0, 0.1) is 0 Å². The van der Waals surface area contributed by atoms with Gasteiger partial charge in [-0.2, -0.15) is 0 Å². The standard InChI is InChI=1S/C21H15N5O2S2/c22-26-20(27)17-15(13-7-3-1-4-8-13)11-29-19(17)23-21(26)30-12-16-24-25-18(28-16)14-9-5-2-6-10-14/h1-11H,12,22H2. The van der Waals surface area contributed by atoms with E-state index in [4.69, 9.17) is 10.3 Å². The molecule has 0 aliphatic carbocycles. The first-order valence-corrected chi connectivity index (χ1v) is 10.9. The minimum absolute atomic E-state index is 0.280. The van der Waals surface area contributed by atoms with Crippen LogP contribution in [0.4, 0.5) is 0 Å². The van der Waals surface area contributed by atoms with Crippen molar-refractivity contribution in [3.63, 3.8) is 0 Å². The maximum Gasteiger partial charge on any atom is 0.282 e. The first-order valence-electron chi connectivity index (χ1n) is 9.06. The molecule has 5 rings (SSSR count). The van der Waals surface area contributed by atoms with Crippen molar-refractivity contribution in [2.75, 3.05) is 5.84 Å². The summed E-state index contributed by atoms with van der Waals surface area (Å²) < 4.78 is 6.80. The zero-order valence-corrected chi connectivity index (χ0v) is 17.2. The molecule has 5 aromatic rings. The summed E-state index contributed by atoms with van der Waals surface area (Å²) in [6.07, 6.45) is 0. The van der Waals surface area contributed by atoms with Crippen molar-refractivity contribution in [3.8, 4) is 22.6 Å². The highest BCUT2D eigenvalue weighted by atomic mass is 32.2. The van der Waals surface area contributed by atoms with Crippen LogP contribution in [0.25, 0.3) is 32.8 Å². The van der Waals surface area contributed by atoms with Gasteiger partial charge in [0.15, 0.2) is 5.16 Å². The van der Waals surface area contributed by atoms with Crippen LogP contribution in [0.2, 0.25) is 0 Å². The van der Waals surface area contributed by atoms with E-state index in [0.29, 0.717) is 32.9 Å². The van der Waals surface area contributed by atoms with E-state index < -0.39 is 0 Å². The molecule has 0 spiro atoms. The second-order valence-electron chi connectivity index (χ2n) is 6.42. The van der Waals surface area contributed by atoms with Crippen molar-refractivity contribution in [2.24, 2.45) is 0 Å². The third kappa shape index (κ3) is 3.38. The Bertz CT molecular complexity index is 1380. The molecule has 148 valence electrons.